The van der Waals surface area contributed by atoms with Gasteiger partial charge in [-0.2, -0.15) is 0 Å². The Morgan fingerprint density at radius 3 is 2.27 bits per heavy atom. The van der Waals surface area contributed by atoms with Gasteiger partial charge in [0.2, 0.25) is 0 Å². The van der Waals surface area contributed by atoms with Crippen LogP contribution in [0.15, 0.2) is 72.8 Å². The summed E-state index contributed by atoms with van der Waals surface area (Å²) < 4.78 is 5.13. The minimum atomic E-state index is -0.700. The van der Waals surface area contributed by atoms with Crippen LogP contribution in [0.5, 0.6) is 0 Å². The highest BCUT2D eigenvalue weighted by Crippen LogP contribution is 2.18. The van der Waals surface area contributed by atoms with Crippen molar-refractivity contribution in [2.45, 2.75) is 13.8 Å². The molecule has 6 nitrogen and oxygen atoms in total. The van der Waals surface area contributed by atoms with Crippen molar-refractivity contribution in [2.24, 2.45) is 0 Å². The highest BCUT2D eigenvalue weighted by molar-refractivity contribution is 6.08. The molecule has 0 aliphatic rings. The number of esters is 1. The Hall–Kier alpha value is -3.93. The molecule has 0 aliphatic heterocycles. The van der Waals surface area contributed by atoms with Gasteiger partial charge in [0.05, 0.1) is 11.3 Å². The fourth-order valence-electron chi connectivity index (χ4n) is 2.79. The zero-order valence-electron chi connectivity index (χ0n) is 16.8. The van der Waals surface area contributed by atoms with Crippen LogP contribution in [0.1, 0.15) is 31.8 Å². The lowest BCUT2D eigenvalue weighted by Crippen LogP contribution is -2.22. The first-order valence-electron chi connectivity index (χ1n) is 9.43. The average molecular weight is 402 g/mol. The van der Waals surface area contributed by atoms with Crippen molar-refractivity contribution >= 4 is 29.2 Å². The molecule has 0 saturated heterocycles. The molecule has 0 atom stereocenters. The van der Waals surface area contributed by atoms with Gasteiger partial charge in [0.25, 0.3) is 11.8 Å². The SMILES string of the molecule is Cc1ccc(NC(=O)COC(=O)c2ccccc2NC(=O)c2cccc(C)c2)cc1. The van der Waals surface area contributed by atoms with Crippen molar-refractivity contribution in [1.29, 1.82) is 0 Å². The van der Waals surface area contributed by atoms with Crippen LogP contribution >= 0.6 is 0 Å². The van der Waals surface area contributed by atoms with Crippen LogP contribution in [0.3, 0.4) is 0 Å². The first-order chi connectivity index (χ1) is 14.4. The van der Waals surface area contributed by atoms with Crippen molar-refractivity contribution in [3.05, 3.63) is 95.1 Å². The Kier molecular flexibility index (Phi) is 6.60. The number of rotatable bonds is 6. The van der Waals surface area contributed by atoms with Crippen molar-refractivity contribution in [2.75, 3.05) is 17.2 Å². The highest BCUT2D eigenvalue weighted by Gasteiger charge is 2.16. The number of hydrogen-bond donors (Lipinski definition) is 2. The molecule has 6 heteroatoms. The molecule has 0 spiro atoms. The number of carbonyl (C=O) groups is 3. The number of para-hydroxylation sites is 1. The predicted molar refractivity (Wildman–Crippen MR) is 116 cm³/mol. The zero-order valence-corrected chi connectivity index (χ0v) is 16.8. The molecule has 0 aliphatic carbocycles. The highest BCUT2D eigenvalue weighted by atomic mass is 16.5. The summed E-state index contributed by atoms with van der Waals surface area (Å²) in [6.45, 7) is 3.40. The lowest BCUT2D eigenvalue weighted by atomic mass is 10.1. The van der Waals surface area contributed by atoms with Gasteiger partial charge in [-0.05, 0) is 50.2 Å². The van der Waals surface area contributed by atoms with E-state index in [0.29, 0.717) is 16.9 Å². The van der Waals surface area contributed by atoms with Crippen LogP contribution in [0.25, 0.3) is 0 Å². The molecule has 0 aromatic heterocycles. The van der Waals surface area contributed by atoms with Crippen molar-refractivity contribution in [1.82, 2.24) is 0 Å². The second kappa shape index (κ2) is 9.52. The fraction of sp³-hybridized carbons (Fsp3) is 0.125. The number of aryl methyl sites for hydroxylation is 2. The number of amides is 2. The van der Waals surface area contributed by atoms with Crippen LogP contribution in [-0.2, 0) is 9.53 Å². The van der Waals surface area contributed by atoms with E-state index < -0.39 is 18.5 Å². The van der Waals surface area contributed by atoms with E-state index in [0.717, 1.165) is 11.1 Å². The van der Waals surface area contributed by atoms with Gasteiger partial charge in [0, 0.05) is 11.3 Å². The van der Waals surface area contributed by atoms with Gasteiger partial charge < -0.3 is 15.4 Å². The van der Waals surface area contributed by atoms with Crippen molar-refractivity contribution in [3.63, 3.8) is 0 Å². The summed E-state index contributed by atoms with van der Waals surface area (Å²) in [6, 6.07) is 20.9. The summed E-state index contributed by atoms with van der Waals surface area (Å²) >= 11 is 0. The van der Waals surface area contributed by atoms with E-state index in [4.69, 9.17) is 4.74 Å². The molecule has 0 radical (unpaired) electrons. The smallest absolute Gasteiger partial charge is 0.340 e. The van der Waals surface area contributed by atoms with Gasteiger partial charge in [-0.15, -0.1) is 0 Å². The van der Waals surface area contributed by atoms with E-state index in [1.54, 1.807) is 48.5 Å². The molecule has 0 saturated carbocycles. The summed E-state index contributed by atoms with van der Waals surface area (Å²) in [5, 5.41) is 5.39. The second-order valence-electron chi connectivity index (χ2n) is 6.86. The normalized spacial score (nSPS) is 10.2. The van der Waals surface area contributed by atoms with Gasteiger partial charge in [-0.3, -0.25) is 9.59 Å². The summed E-state index contributed by atoms with van der Waals surface area (Å²) in [5.41, 5.74) is 3.61. The number of hydrogen-bond acceptors (Lipinski definition) is 4. The fourth-order valence-corrected chi connectivity index (χ4v) is 2.79. The third kappa shape index (κ3) is 5.54. The third-order valence-corrected chi connectivity index (χ3v) is 4.35. The molecular weight excluding hydrogens is 380 g/mol. The van der Waals surface area contributed by atoms with Crippen LogP contribution < -0.4 is 10.6 Å². The van der Waals surface area contributed by atoms with Crippen molar-refractivity contribution in [3.8, 4) is 0 Å². The molecule has 0 heterocycles. The van der Waals surface area contributed by atoms with Crippen molar-refractivity contribution < 1.29 is 19.1 Å². The summed E-state index contributed by atoms with van der Waals surface area (Å²) in [5.74, 6) is -1.49. The standard InChI is InChI=1S/C24H22N2O4/c1-16-10-12-19(13-11-16)25-22(27)15-30-24(29)20-8-3-4-9-21(20)26-23(28)18-7-5-6-17(2)14-18/h3-14H,15H2,1-2H3,(H,25,27)(H,26,28). The van der Waals surface area contributed by atoms with Gasteiger partial charge >= 0.3 is 5.97 Å². The molecular formula is C24H22N2O4. The topological polar surface area (TPSA) is 84.5 Å². The van der Waals surface area contributed by atoms with Crippen LogP contribution in [0.4, 0.5) is 11.4 Å². The molecule has 0 unspecified atom stereocenters. The number of ether oxygens (including phenoxy) is 1. The first-order valence-corrected chi connectivity index (χ1v) is 9.43. The predicted octanol–water partition coefficient (Wildman–Crippen LogP) is 4.35. The Balaban J connectivity index is 1.63. The average Bonchev–Trinajstić information content (AvgIpc) is 2.74. The molecule has 2 amide bonds. The summed E-state index contributed by atoms with van der Waals surface area (Å²) in [4.78, 5) is 37.0. The maximum atomic E-state index is 12.5. The van der Waals surface area contributed by atoms with E-state index in [1.165, 1.54) is 6.07 Å². The van der Waals surface area contributed by atoms with Gasteiger partial charge in [0.1, 0.15) is 0 Å². The Labute approximate surface area is 174 Å². The molecule has 2 N–H and O–H groups in total. The second-order valence-corrected chi connectivity index (χ2v) is 6.86. The van der Waals surface area contributed by atoms with Crippen LogP contribution in [0, 0.1) is 13.8 Å². The lowest BCUT2D eigenvalue weighted by molar-refractivity contribution is -0.119. The maximum Gasteiger partial charge on any atom is 0.340 e. The molecule has 3 aromatic carbocycles. The van der Waals surface area contributed by atoms with E-state index in [9.17, 15) is 14.4 Å². The monoisotopic (exact) mass is 402 g/mol. The lowest BCUT2D eigenvalue weighted by Gasteiger charge is -2.11. The summed E-state index contributed by atoms with van der Waals surface area (Å²) in [7, 11) is 0. The van der Waals surface area contributed by atoms with Gasteiger partial charge in [-0.1, -0.05) is 47.5 Å². The molecule has 30 heavy (non-hydrogen) atoms. The number of carbonyl (C=O) groups excluding carboxylic acids is 3. The van der Waals surface area contributed by atoms with Crippen LogP contribution in [0.2, 0.25) is 0 Å². The van der Waals surface area contributed by atoms with Gasteiger partial charge in [-0.25, -0.2) is 4.79 Å². The van der Waals surface area contributed by atoms with E-state index >= 15 is 0 Å². The number of benzene rings is 3. The number of anilines is 2. The van der Waals surface area contributed by atoms with E-state index in [-0.39, 0.29) is 11.5 Å². The van der Waals surface area contributed by atoms with Crippen LogP contribution in [-0.4, -0.2) is 24.4 Å². The van der Waals surface area contributed by atoms with E-state index in [2.05, 4.69) is 10.6 Å². The molecule has 0 bridgehead atoms. The maximum absolute atomic E-state index is 12.5. The largest absolute Gasteiger partial charge is 0.452 e. The Morgan fingerprint density at radius 2 is 1.53 bits per heavy atom. The minimum Gasteiger partial charge on any atom is -0.452 e. The first kappa shape index (κ1) is 20.8. The zero-order chi connectivity index (χ0) is 21.5. The minimum absolute atomic E-state index is 0.168. The quantitative estimate of drug-likeness (QED) is 0.601. The molecule has 152 valence electrons. The summed E-state index contributed by atoms with van der Waals surface area (Å²) in [6.07, 6.45) is 0. The van der Waals surface area contributed by atoms with Gasteiger partial charge in [0.15, 0.2) is 6.61 Å². The van der Waals surface area contributed by atoms with E-state index in [1.807, 2.05) is 32.0 Å². The third-order valence-electron chi connectivity index (χ3n) is 4.35. The molecule has 3 rings (SSSR count). The molecule has 3 aromatic rings. The molecule has 0 fully saturated rings. The number of nitrogens with one attached hydrogen (secondary N) is 2. The Bertz CT molecular complexity index is 1070. The Morgan fingerprint density at radius 1 is 0.800 bits per heavy atom.